The zero-order valence-corrected chi connectivity index (χ0v) is 13.0. The van der Waals surface area contributed by atoms with E-state index in [1.165, 1.54) is 18.2 Å². The highest BCUT2D eigenvalue weighted by Gasteiger charge is 2.10. The molecule has 0 aromatic heterocycles. The van der Waals surface area contributed by atoms with E-state index in [1.807, 2.05) is 0 Å². The number of hydrogen-bond acceptors (Lipinski definition) is 5. The van der Waals surface area contributed by atoms with Gasteiger partial charge >= 0.3 is 5.97 Å². The molecule has 0 bridgehead atoms. The summed E-state index contributed by atoms with van der Waals surface area (Å²) in [6, 6.07) is 10.8. The van der Waals surface area contributed by atoms with Gasteiger partial charge in [0.1, 0.15) is 0 Å². The lowest BCUT2D eigenvalue weighted by Gasteiger charge is -2.10. The number of carbonyl (C=O) groups is 1. The number of benzene rings is 2. The summed E-state index contributed by atoms with van der Waals surface area (Å²) in [5, 5.41) is 17.2. The number of rotatable bonds is 6. The summed E-state index contributed by atoms with van der Waals surface area (Å²) in [5.41, 5.74) is 7.45. The maximum atomic E-state index is 11.2. The summed E-state index contributed by atoms with van der Waals surface area (Å²) in [6.07, 6.45) is 0.592. The lowest BCUT2D eigenvalue weighted by Crippen LogP contribution is -2.12. The van der Waals surface area contributed by atoms with Crippen molar-refractivity contribution in [3.63, 3.8) is 0 Å². The lowest BCUT2D eigenvalue weighted by atomic mass is 10.1. The minimum atomic E-state index is -3.70. The minimum absolute atomic E-state index is 0.0564. The van der Waals surface area contributed by atoms with Crippen molar-refractivity contribution < 1.29 is 18.3 Å². The quantitative estimate of drug-likeness (QED) is 0.587. The second-order valence-corrected chi connectivity index (χ2v) is 6.54. The number of sulfonamides is 1. The summed E-state index contributed by atoms with van der Waals surface area (Å²) in [7, 11) is -3.70. The molecule has 2 rings (SSSR count). The molecule has 122 valence electrons. The van der Waals surface area contributed by atoms with E-state index in [4.69, 9.17) is 16.0 Å². The Morgan fingerprint density at radius 2 is 1.78 bits per heavy atom. The van der Waals surface area contributed by atoms with Crippen molar-refractivity contribution in [3.8, 4) is 0 Å². The average molecular weight is 335 g/mol. The van der Waals surface area contributed by atoms with Crippen LogP contribution in [0.2, 0.25) is 0 Å². The van der Waals surface area contributed by atoms with E-state index in [-0.39, 0.29) is 10.5 Å². The van der Waals surface area contributed by atoms with Crippen LogP contribution in [0.4, 0.5) is 11.4 Å². The van der Waals surface area contributed by atoms with E-state index in [2.05, 4.69) is 5.32 Å². The fourth-order valence-corrected chi connectivity index (χ4v) is 2.60. The van der Waals surface area contributed by atoms with Crippen molar-refractivity contribution in [1.82, 2.24) is 0 Å². The van der Waals surface area contributed by atoms with Crippen LogP contribution in [0.5, 0.6) is 0 Å². The van der Waals surface area contributed by atoms with Gasteiger partial charge in [-0.2, -0.15) is 0 Å². The molecule has 8 heteroatoms. The Morgan fingerprint density at radius 1 is 1.13 bits per heavy atom. The molecule has 0 radical (unpaired) electrons. The molecule has 2 aromatic carbocycles. The van der Waals surface area contributed by atoms with Crippen molar-refractivity contribution in [2.75, 3.05) is 17.6 Å². The van der Waals surface area contributed by atoms with E-state index in [0.29, 0.717) is 24.3 Å². The second-order valence-electron chi connectivity index (χ2n) is 4.98. The first-order valence-corrected chi connectivity index (χ1v) is 8.30. The molecule has 0 unspecified atom stereocenters. The molecule has 23 heavy (non-hydrogen) atoms. The van der Waals surface area contributed by atoms with Crippen LogP contribution in [0.15, 0.2) is 47.4 Å². The first kappa shape index (κ1) is 16.8. The standard InChI is InChI=1S/C15H17N3O4S/c16-11-3-6-14(13(9-11)15(19)20)18-8-7-10-1-4-12(5-2-10)23(17,21)22/h1-6,9,18H,7-8,16H2,(H,19,20)(H2,17,21,22). The van der Waals surface area contributed by atoms with Crippen molar-refractivity contribution >= 4 is 27.4 Å². The van der Waals surface area contributed by atoms with Crippen molar-refractivity contribution in [3.05, 3.63) is 53.6 Å². The maximum Gasteiger partial charge on any atom is 0.337 e. The van der Waals surface area contributed by atoms with Crippen LogP contribution in [0, 0.1) is 0 Å². The zero-order valence-electron chi connectivity index (χ0n) is 12.2. The van der Waals surface area contributed by atoms with Crippen molar-refractivity contribution in [2.24, 2.45) is 5.14 Å². The van der Waals surface area contributed by atoms with Gasteiger partial charge in [0.25, 0.3) is 0 Å². The summed E-state index contributed by atoms with van der Waals surface area (Å²) in [5.74, 6) is -1.06. The molecule has 0 amide bonds. The molecule has 0 heterocycles. The molecule has 0 aliphatic carbocycles. The van der Waals surface area contributed by atoms with E-state index in [0.717, 1.165) is 5.56 Å². The number of primary sulfonamides is 1. The molecule has 0 atom stereocenters. The average Bonchev–Trinajstić information content (AvgIpc) is 2.48. The third-order valence-electron chi connectivity index (χ3n) is 3.26. The van der Waals surface area contributed by atoms with Crippen molar-refractivity contribution in [1.29, 1.82) is 0 Å². The number of carboxylic acid groups (broad SMARTS) is 1. The summed E-state index contributed by atoms with van der Waals surface area (Å²) in [6.45, 7) is 0.485. The van der Waals surface area contributed by atoms with Gasteiger partial charge in [-0.15, -0.1) is 0 Å². The van der Waals surface area contributed by atoms with Gasteiger partial charge in [-0.25, -0.2) is 18.4 Å². The monoisotopic (exact) mass is 335 g/mol. The number of nitrogens with two attached hydrogens (primary N) is 2. The van der Waals surface area contributed by atoms with Crippen LogP contribution in [0.1, 0.15) is 15.9 Å². The first-order chi connectivity index (χ1) is 10.8. The highest BCUT2D eigenvalue weighted by molar-refractivity contribution is 7.89. The Labute approximate surface area is 134 Å². The number of anilines is 2. The van der Waals surface area contributed by atoms with Gasteiger partial charge in [-0.3, -0.25) is 0 Å². The summed E-state index contributed by atoms with van der Waals surface area (Å²) >= 11 is 0. The van der Waals surface area contributed by atoms with E-state index >= 15 is 0 Å². The highest BCUT2D eigenvalue weighted by atomic mass is 32.2. The van der Waals surface area contributed by atoms with E-state index < -0.39 is 16.0 Å². The third kappa shape index (κ3) is 4.44. The van der Waals surface area contributed by atoms with Crippen LogP contribution in [0.3, 0.4) is 0 Å². The van der Waals surface area contributed by atoms with Gasteiger partial charge in [0.05, 0.1) is 10.5 Å². The molecule has 0 spiro atoms. The fourth-order valence-electron chi connectivity index (χ4n) is 2.08. The normalized spacial score (nSPS) is 11.2. The fraction of sp³-hybridized carbons (Fsp3) is 0.133. The van der Waals surface area contributed by atoms with Gasteiger partial charge in [-0.1, -0.05) is 12.1 Å². The van der Waals surface area contributed by atoms with Gasteiger partial charge in [0, 0.05) is 17.9 Å². The summed E-state index contributed by atoms with van der Waals surface area (Å²) in [4.78, 5) is 11.2. The molecule has 0 saturated heterocycles. The predicted molar refractivity (Wildman–Crippen MR) is 87.8 cm³/mol. The second kappa shape index (κ2) is 6.67. The predicted octanol–water partition coefficient (Wildman–Crippen LogP) is 1.27. The van der Waals surface area contributed by atoms with Crippen LogP contribution in [-0.4, -0.2) is 26.0 Å². The summed E-state index contributed by atoms with van der Waals surface area (Å²) < 4.78 is 22.3. The lowest BCUT2D eigenvalue weighted by molar-refractivity contribution is 0.0698. The Morgan fingerprint density at radius 3 is 2.35 bits per heavy atom. The van der Waals surface area contributed by atoms with Crippen LogP contribution < -0.4 is 16.2 Å². The Hall–Kier alpha value is -2.58. The molecule has 6 N–H and O–H groups in total. The molecular formula is C15H17N3O4S. The Balaban J connectivity index is 2.02. The zero-order chi connectivity index (χ0) is 17.0. The van der Waals surface area contributed by atoms with Crippen LogP contribution >= 0.6 is 0 Å². The molecule has 7 nitrogen and oxygen atoms in total. The SMILES string of the molecule is Nc1ccc(NCCc2ccc(S(N)(=O)=O)cc2)c(C(=O)O)c1. The van der Waals surface area contributed by atoms with Gasteiger partial charge in [0.15, 0.2) is 0 Å². The maximum absolute atomic E-state index is 11.2. The van der Waals surface area contributed by atoms with Gasteiger partial charge in [0.2, 0.25) is 10.0 Å². The van der Waals surface area contributed by atoms with Crippen LogP contribution in [-0.2, 0) is 16.4 Å². The molecular weight excluding hydrogens is 318 g/mol. The molecule has 0 aliphatic heterocycles. The van der Waals surface area contributed by atoms with Gasteiger partial charge < -0.3 is 16.2 Å². The Kier molecular flexibility index (Phi) is 4.87. The highest BCUT2D eigenvalue weighted by Crippen LogP contribution is 2.19. The van der Waals surface area contributed by atoms with Crippen molar-refractivity contribution in [2.45, 2.75) is 11.3 Å². The molecule has 0 aliphatic rings. The molecule has 2 aromatic rings. The Bertz CT molecular complexity index is 817. The third-order valence-corrected chi connectivity index (χ3v) is 4.18. The van der Waals surface area contributed by atoms with E-state index in [9.17, 15) is 13.2 Å². The number of nitrogen functional groups attached to an aromatic ring is 1. The number of hydrogen-bond donors (Lipinski definition) is 4. The topological polar surface area (TPSA) is 136 Å². The number of carboxylic acids is 1. The minimum Gasteiger partial charge on any atom is -0.478 e. The number of aromatic carboxylic acids is 1. The largest absolute Gasteiger partial charge is 0.478 e. The molecule has 0 saturated carbocycles. The number of nitrogens with one attached hydrogen (secondary N) is 1. The molecule has 0 fully saturated rings. The van der Waals surface area contributed by atoms with Gasteiger partial charge in [-0.05, 0) is 42.3 Å². The first-order valence-electron chi connectivity index (χ1n) is 6.76. The smallest absolute Gasteiger partial charge is 0.337 e. The van der Waals surface area contributed by atoms with Crippen LogP contribution in [0.25, 0.3) is 0 Å². The van der Waals surface area contributed by atoms with E-state index in [1.54, 1.807) is 24.3 Å².